The number of azide groups is 1. The number of esters is 2. The van der Waals surface area contributed by atoms with Gasteiger partial charge in [0.25, 0.3) is 3.79 Å². The second kappa shape index (κ2) is 11.4. The quantitative estimate of drug-likeness (QED) is 0.108. The Kier molecular flexibility index (Phi) is 8.60. The molecular formula is C21H17Cl3N4O6. The van der Waals surface area contributed by atoms with Crippen LogP contribution < -0.4 is 0 Å². The number of rotatable bonds is 6. The van der Waals surface area contributed by atoms with Crippen molar-refractivity contribution in [3.8, 4) is 0 Å². The number of benzene rings is 2. The van der Waals surface area contributed by atoms with Crippen LogP contribution in [0, 0.1) is 5.41 Å². The van der Waals surface area contributed by atoms with E-state index in [1.54, 1.807) is 36.4 Å². The highest BCUT2D eigenvalue weighted by Crippen LogP contribution is 2.32. The molecule has 0 bridgehead atoms. The Labute approximate surface area is 208 Å². The Morgan fingerprint density at radius 1 is 0.941 bits per heavy atom. The largest absolute Gasteiger partial charge is 0.454 e. The van der Waals surface area contributed by atoms with E-state index >= 15 is 0 Å². The molecule has 1 aliphatic rings. The first-order valence-corrected chi connectivity index (χ1v) is 10.8. The predicted molar refractivity (Wildman–Crippen MR) is 123 cm³/mol. The van der Waals surface area contributed by atoms with E-state index in [4.69, 9.17) is 64.7 Å². The summed E-state index contributed by atoms with van der Waals surface area (Å²) < 4.78 is 19.7. The number of hydrogen-bond donors (Lipinski definition) is 1. The van der Waals surface area contributed by atoms with Gasteiger partial charge in [-0.1, -0.05) is 76.3 Å². The van der Waals surface area contributed by atoms with E-state index in [0.717, 1.165) is 0 Å². The van der Waals surface area contributed by atoms with Crippen LogP contribution in [-0.4, -0.2) is 52.8 Å². The summed E-state index contributed by atoms with van der Waals surface area (Å²) >= 11 is 17.1. The van der Waals surface area contributed by atoms with Crippen molar-refractivity contribution in [1.29, 1.82) is 5.41 Å². The van der Waals surface area contributed by atoms with Crippen LogP contribution in [0.25, 0.3) is 10.4 Å². The van der Waals surface area contributed by atoms with E-state index in [9.17, 15) is 9.59 Å². The second-order valence-corrected chi connectivity index (χ2v) is 9.17. The summed E-state index contributed by atoms with van der Waals surface area (Å²) in [5.41, 5.74) is 9.37. The molecular weight excluding hydrogens is 511 g/mol. The average Bonchev–Trinajstić information content (AvgIpc) is 2.82. The number of ether oxygens (including phenoxy) is 4. The molecule has 0 saturated carbocycles. The monoisotopic (exact) mass is 526 g/mol. The lowest BCUT2D eigenvalue weighted by Crippen LogP contribution is -2.57. The topological polar surface area (TPSA) is 144 Å². The van der Waals surface area contributed by atoms with Crippen molar-refractivity contribution in [3.05, 3.63) is 82.2 Å². The molecule has 2 aromatic carbocycles. The zero-order chi connectivity index (χ0) is 24.7. The number of carbonyl (C=O) groups is 2. The average molecular weight is 528 g/mol. The summed E-state index contributed by atoms with van der Waals surface area (Å²) in [6.45, 7) is -0.298. The van der Waals surface area contributed by atoms with Crippen molar-refractivity contribution in [2.45, 2.75) is 28.3 Å². The van der Waals surface area contributed by atoms with Gasteiger partial charge in [0.15, 0.2) is 6.10 Å². The van der Waals surface area contributed by atoms with Crippen LogP contribution in [0.1, 0.15) is 20.7 Å². The van der Waals surface area contributed by atoms with Gasteiger partial charge in [0.1, 0.15) is 6.04 Å². The van der Waals surface area contributed by atoms with E-state index < -0.39 is 46.2 Å². The standard InChI is InChI=1S/C21H17Cl3N4O6/c22-21(23,24)20(25)34-19-16(33-18(30)13-9-5-2-6-10-13)15(14(11-31-19)27-28-26)32-17(29)12-7-3-1-4-8-12/h1-10,14-16,19,25H,11H2/t14?,15-,16+,19?/m1/s1. The molecule has 0 spiro atoms. The Balaban J connectivity index is 1.95. The molecule has 0 aliphatic carbocycles. The summed E-state index contributed by atoms with van der Waals surface area (Å²) in [5, 5.41) is 11.5. The van der Waals surface area contributed by atoms with Crippen LogP contribution in [0.5, 0.6) is 0 Å². The predicted octanol–water partition coefficient (Wildman–Crippen LogP) is 4.84. The van der Waals surface area contributed by atoms with Gasteiger partial charge in [-0.2, -0.15) is 0 Å². The van der Waals surface area contributed by atoms with E-state index in [1.807, 2.05) is 0 Å². The van der Waals surface area contributed by atoms with Gasteiger partial charge in [0.05, 0.1) is 17.7 Å². The lowest BCUT2D eigenvalue weighted by atomic mass is 10.0. The first-order chi connectivity index (χ1) is 16.2. The Morgan fingerprint density at radius 3 is 1.91 bits per heavy atom. The summed E-state index contributed by atoms with van der Waals surface area (Å²) in [6, 6.07) is 14.9. The Morgan fingerprint density at radius 2 is 1.44 bits per heavy atom. The lowest BCUT2D eigenvalue weighted by Gasteiger charge is -2.39. The molecule has 2 unspecified atom stereocenters. The first kappa shape index (κ1) is 25.6. The number of alkyl halides is 3. The Hall–Kier alpha value is -3.01. The van der Waals surface area contributed by atoms with Gasteiger partial charge >= 0.3 is 11.9 Å². The number of carbonyl (C=O) groups excluding carboxylic acids is 2. The van der Waals surface area contributed by atoms with Gasteiger partial charge in [0.2, 0.25) is 18.3 Å². The molecule has 3 rings (SSSR count). The minimum absolute atomic E-state index is 0.178. The van der Waals surface area contributed by atoms with E-state index in [1.165, 1.54) is 24.3 Å². The van der Waals surface area contributed by atoms with E-state index in [0.29, 0.717) is 0 Å². The summed E-state index contributed by atoms with van der Waals surface area (Å²) in [7, 11) is 0. The van der Waals surface area contributed by atoms with Crippen LogP contribution in [0.15, 0.2) is 65.8 Å². The number of hydrogen-bond acceptors (Lipinski definition) is 8. The van der Waals surface area contributed by atoms with Crippen molar-refractivity contribution in [2.75, 3.05) is 6.61 Å². The smallest absolute Gasteiger partial charge is 0.338 e. The summed E-state index contributed by atoms with van der Waals surface area (Å²) in [6.07, 6.45) is -4.36. The highest BCUT2D eigenvalue weighted by molar-refractivity contribution is 6.76. The fourth-order valence-electron chi connectivity index (χ4n) is 3.01. The zero-order valence-corrected chi connectivity index (χ0v) is 19.5. The minimum Gasteiger partial charge on any atom is -0.454 e. The fourth-order valence-corrected chi connectivity index (χ4v) is 3.14. The van der Waals surface area contributed by atoms with Gasteiger partial charge in [-0.15, -0.1) is 0 Å². The third kappa shape index (κ3) is 6.53. The molecule has 1 heterocycles. The molecule has 10 nitrogen and oxygen atoms in total. The molecule has 0 radical (unpaired) electrons. The molecule has 1 fully saturated rings. The molecule has 0 amide bonds. The molecule has 0 aromatic heterocycles. The molecule has 178 valence electrons. The van der Waals surface area contributed by atoms with Crippen molar-refractivity contribution in [1.82, 2.24) is 0 Å². The molecule has 1 N–H and O–H groups in total. The maximum Gasteiger partial charge on any atom is 0.338 e. The van der Waals surface area contributed by atoms with Crippen LogP contribution in [-0.2, 0) is 18.9 Å². The number of nitrogens with one attached hydrogen (secondary N) is 1. The zero-order valence-electron chi connectivity index (χ0n) is 17.2. The second-order valence-electron chi connectivity index (χ2n) is 6.89. The highest BCUT2D eigenvalue weighted by atomic mass is 35.6. The third-order valence-corrected chi connectivity index (χ3v) is 5.11. The van der Waals surface area contributed by atoms with Gasteiger partial charge in [-0.05, 0) is 29.8 Å². The van der Waals surface area contributed by atoms with E-state index in [2.05, 4.69) is 10.0 Å². The normalized spacial score (nSPS) is 22.1. The van der Waals surface area contributed by atoms with Gasteiger partial charge in [-0.3, -0.25) is 5.41 Å². The van der Waals surface area contributed by atoms with Crippen LogP contribution in [0.4, 0.5) is 0 Å². The SMILES string of the molecule is [N-]=[N+]=NC1COC(OC(=N)C(Cl)(Cl)Cl)[C@@H](OC(=O)c2ccccc2)[C@@H]1OC(=O)c1ccccc1. The fraction of sp³-hybridized carbons (Fsp3) is 0.286. The Bertz CT molecular complexity index is 1080. The molecule has 34 heavy (non-hydrogen) atoms. The van der Waals surface area contributed by atoms with Crippen molar-refractivity contribution in [2.24, 2.45) is 5.11 Å². The molecule has 2 aromatic rings. The van der Waals surface area contributed by atoms with Gasteiger partial charge < -0.3 is 18.9 Å². The molecule has 4 atom stereocenters. The van der Waals surface area contributed by atoms with Crippen LogP contribution in [0.3, 0.4) is 0 Å². The van der Waals surface area contributed by atoms with Crippen LogP contribution >= 0.6 is 34.8 Å². The lowest BCUT2D eigenvalue weighted by molar-refractivity contribution is -0.219. The van der Waals surface area contributed by atoms with Crippen molar-refractivity contribution < 1.29 is 28.5 Å². The highest BCUT2D eigenvalue weighted by Gasteiger charge is 2.48. The molecule has 13 heteroatoms. The summed E-state index contributed by atoms with van der Waals surface area (Å²) in [5.74, 6) is -2.41. The molecule has 1 aliphatic heterocycles. The number of nitrogens with zero attached hydrogens (tertiary/aromatic N) is 3. The van der Waals surface area contributed by atoms with E-state index in [-0.39, 0.29) is 17.7 Å². The first-order valence-electron chi connectivity index (χ1n) is 9.71. The maximum absolute atomic E-state index is 12.8. The van der Waals surface area contributed by atoms with Gasteiger partial charge in [0, 0.05) is 4.91 Å². The maximum atomic E-state index is 12.8. The summed E-state index contributed by atoms with van der Waals surface area (Å²) in [4.78, 5) is 28.3. The van der Waals surface area contributed by atoms with Crippen molar-refractivity contribution >= 4 is 52.6 Å². The van der Waals surface area contributed by atoms with Crippen LogP contribution in [0.2, 0.25) is 0 Å². The van der Waals surface area contributed by atoms with Crippen molar-refractivity contribution in [3.63, 3.8) is 0 Å². The minimum atomic E-state index is -2.24. The number of halogens is 3. The van der Waals surface area contributed by atoms with Gasteiger partial charge in [-0.25, -0.2) is 9.59 Å². The molecule has 1 saturated heterocycles. The third-order valence-electron chi connectivity index (χ3n) is 4.60.